The molecule has 0 atom stereocenters. The van der Waals surface area contributed by atoms with Crippen molar-refractivity contribution in [3.05, 3.63) is 108 Å². The van der Waals surface area contributed by atoms with Gasteiger partial charge in [-0.2, -0.15) is 0 Å². The molecule has 0 bridgehead atoms. The summed E-state index contributed by atoms with van der Waals surface area (Å²) in [6.45, 7) is 1.99. The number of rotatable bonds is 6. The molecule has 0 amide bonds. The van der Waals surface area contributed by atoms with Crippen LogP contribution in [-0.4, -0.2) is 27.1 Å². The van der Waals surface area contributed by atoms with Crippen LogP contribution in [0.5, 0.6) is 0 Å². The van der Waals surface area contributed by atoms with Crippen LogP contribution in [-0.2, 0) is 4.74 Å². The Labute approximate surface area is 207 Å². The van der Waals surface area contributed by atoms with Gasteiger partial charge >= 0.3 is 5.97 Å². The van der Waals surface area contributed by atoms with E-state index in [0.29, 0.717) is 33.5 Å². The van der Waals surface area contributed by atoms with E-state index in [9.17, 15) is 19.7 Å². The first-order chi connectivity index (χ1) is 16.4. The molecule has 0 radical (unpaired) electrons. The first kappa shape index (κ1) is 23.3. The quantitative estimate of drug-likeness (QED) is 0.137. The maximum Gasteiger partial charge on any atom is 0.338 e. The van der Waals surface area contributed by atoms with Gasteiger partial charge in [-0.3, -0.25) is 19.5 Å². The van der Waals surface area contributed by atoms with Gasteiger partial charge in [0, 0.05) is 15.7 Å². The molecular weight excluding hydrogens is 549 g/mol. The van der Waals surface area contributed by atoms with E-state index >= 15 is 0 Å². The average molecular weight is 567 g/mol. The van der Waals surface area contributed by atoms with Crippen molar-refractivity contribution in [2.24, 2.45) is 0 Å². The summed E-state index contributed by atoms with van der Waals surface area (Å²) in [5.41, 5.74) is 1.71. The highest BCUT2D eigenvalue weighted by atomic mass is 127. The first-order valence-electron chi connectivity index (χ1n) is 10.3. The van der Waals surface area contributed by atoms with Crippen LogP contribution in [0.15, 0.2) is 71.5 Å². The number of halogens is 1. The zero-order chi connectivity index (χ0) is 24.2. The molecule has 0 aliphatic rings. The van der Waals surface area contributed by atoms with E-state index in [2.05, 4.69) is 27.6 Å². The zero-order valence-electron chi connectivity index (χ0n) is 18.0. The van der Waals surface area contributed by atoms with E-state index in [0.717, 1.165) is 3.57 Å². The van der Waals surface area contributed by atoms with Crippen LogP contribution in [0.2, 0.25) is 0 Å². The Morgan fingerprint density at radius 3 is 2.59 bits per heavy atom. The van der Waals surface area contributed by atoms with E-state index in [1.54, 1.807) is 67.6 Å². The summed E-state index contributed by atoms with van der Waals surface area (Å²) < 4.78 is 7.37. The number of benzene rings is 3. The molecule has 170 valence electrons. The smallest absolute Gasteiger partial charge is 0.338 e. The normalized spacial score (nSPS) is 11.1. The van der Waals surface area contributed by atoms with Gasteiger partial charge < -0.3 is 4.74 Å². The topological polar surface area (TPSA) is 104 Å². The lowest BCUT2D eigenvalue weighted by atomic mass is 10.1. The maximum atomic E-state index is 13.5. The number of hydrogen-bond acceptors (Lipinski definition) is 6. The zero-order valence-corrected chi connectivity index (χ0v) is 20.1. The fraction of sp³-hybridized carbons (Fsp3) is 0.0800. The minimum absolute atomic E-state index is 0.0323. The number of nitro benzene ring substituents is 1. The molecule has 0 unspecified atom stereocenters. The standard InChI is InChI=1S/C25H18IN3O5/c1-2-34-25(31)17-7-10-19(11-8-17)28-23(13-6-16-4-3-5-20(14-16)29(32)33)27-22-12-9-18(26)15-21(22)24(28)30/h3-15H,2H2,1H3. The lowest BCUT2D eigenvalue weighted by Crippen LogP contribution is -2.22. The molecule has 4 rings (SSSR count). The highest BCUT2D eigenvalue weighted by Gasteiger charge is 2.13. The van der Waals surface area contributed by atoms with Crippen molar-refractivity contribution < 1.29 is 14.5 Å². The van der Waals surface area contributed by atoms with Crippen molar-refractivity contribution >= 4 is 57.3 Å². The third-order valence-corrected chi connectivity index (χ3v) is 5.67. The molecule has 34 heavy (non-hydrogen) atoms. The molecule has 1 heterocycles. The predicted molar refractivity (Wildman–Crippen MR) is 138 cm³/mol. The van der Waals surface area contributed by atoms with Crippen molar-refractivity contribution in [3.8, 4) is 5.69 Å². The second-order valence-corrected chi connectivity index (χ2v) is 8.47. The molecule has 9 heteroatoms. The van der Waals surface area contributed by atoms with Crippen LogP contribution in [0, 0.1) is 13.7 Å². The van der Waals surface area contributed by atoms with E-state index in [4.69, 9.17) is 4.74 Å². The predicted octanol–water partition coefficient (Wildman–Crippen LogP) is 5.25. The molecule has 1 aromatic heterocycles. The Morgan fingerprint density at radius 1 is 1.12 bits per heavy atom. The van der Waals surface area contributed by atoms with Crippen molar-refractivity contribution in [3.63, 3.8) is 0 Å². The van der Waals surface area contributed by atoms with Gasteiger partial charge in [0.05, 0.1) is 33.7 Å². The van der Waals surface area contributed by atoms with Gasteiger partial charge in [-0.1, -0.05) is 18.2 Å². The molecule has 0 fully saturated rings. The number of fused-ring (bicyclic) bond motifs is 1. The summed E-state index contributed by atoms with van der Waals surface area (Å²) in [7, 11) is 0. The molecule has 0 N–H and O–H groups in total. The summed E-state index contributed by atoms with van der Waals surface area (Å²) in [5, 5.41) is 11.5. The average Bonchev–Trinajstić information content (AvgIpc) is 2.84. The monoisotopic (exact) mass is 567 g/mol. The second-order valence-electron chi connectivity index (χ2n) is 7.22. The van der Waals surface area contributed by atoms with Crippen LogP contribution < -0.4 is 5.56 Å². The Bertz CT molecular complexity index is 1490. The van der Waals surface area contributed by atoms with Gasteiger partial charge in [-0.05, 0) is 83.6 Å². The van der Waals surface area contributed by atoms with Crippen LogP contribution in [0.4, 0.5) is 5.69 Å². The third kappa shape index (κ3) is 4.88. The molecule has 8 nitrogen and oxygen atoms in total. The SMILES string of the molecule is CCOC(=O)c1ccc(-n2c(C=Cc3cccc([N+](=O)[O-])c3)nc3ccc(I)cc3c2=O)cc1. The molecule has 0 spiro atoms. The van der Waals surface area contributed by atoms with Gasteiger partial charge in [0.25, 0.3) is 11.2 Å². The third-order valence-electron chi connectivity index (χ3n) is 5.00. The number of ether oxygens (including phenoxy) is 1. The van der Waals surface area contributed by atoms with Crippen LogP contribution in [0.1, 0.15) is 28.7 Å². The highest BCUT2D eigenvalue weighted by molar-refractivity contribution is 14.1. The number of aromatic nitrogens is 2. The Hall–Kier alpha value is -3.86. The van der Waals surface area contributed by atoms with E-state index in [-0.39, 0.29) is 17.9 Å². The Kier molecular flexibility index (Phi) is 6.82. The van der Waals surface area contributed by atoms with Crippen molar-refractivity contribution in [1.29, 1.82) is 0 Å². The minimum Gasteiger partial charge on any atom is -0.462 e. The summed E-state index contributed by atoms with van der Waals surface area (Å²) in [6, 6.07) is 18.1. The molecular formula is C25H18IN3O5. The van der Waals surface area contributed by atoms with Crippen LogP contribution in [0.25, 0.3) is 28.7 Å². The molecule has 0 aliphatic heterocycles. The maximum absolute atomic E-state index is 13.5. The molecule has 0 saturated heterocycles. The number of nitro groups is 1. The minimum atomic E-state index is -0.464. The van der Waals surface area contributed by atoms with Crippen LogP contribution in [0.3, 0.4) is 0 Å². The van der Waals surface area contributed by atoms with Gasteiger partial charge in [-0.15, -0.1) is 0 Å². The van der Waals surface area contributed by atoms with Gasteiger partial charge in [0.15, 0.2) is 0 Å². The number of nitrogens with zero attached hydrogens (tertiary/aromatic N) is 3. The largest absolute Gasteiger partial charge is 0.462 e. The summed E-state index contributed by atoms with van der Waals surface area (Å²) in [5.74, 6) is -0.104. The van der Waals surface area contributed by atoms with E-state index in [1.165, 1.54) is 16.7 Å². The number of esters is 1. The van der Waals surface area contributed by atoms with E-state index in [1.807, 2.05) is 6.07 Å². The first-order valence-corrected chi connectivity index (χ1v) is 11.4. The number of hydrogen-bond donors (Lipinski definition) is 0. The lowest BCUT2D eigenvalue weighted by molar-refractivity contribution is -0.384. The Balaban J connectivity index is 1.86. The molecule has 3 aromatic carbocycles. The number of non-ortho nitro benzene ring substituents is 1. The number of carbonyl (C=O) groups is 1. The van der Waals surface area contributed by atoms with E-state index < -0.39 is 10.9 Å². The fourth-order valence-electron chi connectivity index (χ4n) is 3.41. The van der Waals surface area contributed by atoms with Gasteiger partial charge in [-0.25, -0.2) is 9.78 Å². The molecule has 0 aliphatic carbocycles. The van der Waals surface area contributed by atoms with Gasteiger partial charge in [0.1, 0.15) is 5.82 Å². The second kappa shape index (κ2) is 9.96. The lowest BCUT2D eigenvalue weighted by Gasteiger charge is -2.12. The van der Waals surface area contributed by atoms with Crippen molar-refractivity contribution in [1.82, 2.24) is 9.55 Å². The summed E-state index contributed by atoms with van der Waals surface area (Å²) in [4.78, 5) is 40.8. The highest BCUT2D eigenvalue weighted by Crippen LogP contribution is 2.19. The number of carbonyl (C=O) groups excluding carboxylic acids is 1. The summed E-state index contributed by atoms with van der Waals surface area (Å²) in [6.07, 6.45) is 3.30. The molecule has 0 saturated carbocycles. The fourth-order valence-corrected chi connectivity index (χ4v) is 3.90. The van der Waals surface area contributed by atoms with Crippen molar-refractivity contribution in [2.45, 2.75) is 6.92 Å². The summed E-state index contributed by atoms with van der Waals surface area (Å²) >= 11 is 2.14. The van der Waals surface area contributed by atoms with Crippen LogP contribution >= 0.6 is 22.6 Å². The molecule has 4 aromatic rings. The van der Waals surface area contributed by atoms with Crippen molar-refractivity contribution in [2.75, 3.05) is 6.61 Å². The van der Waals surface area contributed by atoms with Gasteiger partial charge in [0.2, 0.25) is 0 Å². The Morgan fingerprint density at radius 2 is 1.88 bits per heavy atom.